The monoisotopic (exact) mass is 358 g/mol. The lowest BCUT2D eigenvalue weighted by molar-refractivity contribution is 0.465. The smallest absolute Gasteiger partial charge is 0.225 e. The maximum Gasteiger partial charge on any atom is 0.243 e. The summed E-state index contributed by atoms with van der Waals surface area (Å²) in [7, 11) is -6.37. The summed E-state index contributed by atoms with van der Waals surface area (Å²) in [4.78, 5) is -0.256. The summed E-state index contributed by atoms with van der Waals surface area (Å²) in [5, 5.41) is 4.97. The SMILES string of the molecule is CN(Cc1cccc(F)c1)S(=O)(=O)c1ccc(S(N)(=O)=O)cc1. The minimum absolute atomic E-state index is 0.0168. The van der Waals surface area contributed by atoms with E-state index in [1.165, 1.54) is 25.2 Å². The molecule has 9 heteroatoms. The zero-order valence-electron chi connectivity index (χ0n) is 12.2. The Morgan fingerprint density at radius 2 is 1.57 bits per heavy atom. The van der Waals surface area contributed by atoms with Gasteiger partial charge in [-0.3, -0.25) is 0 Å². The number of primary sulfonamides is 1. The van der Waals surface area contributed by atoms with Crippen LogP contribution in [0, 0.1) is 5.82 Å². The third-order valence-corrected chi connectivity index (χ3v) is 5.90. The van der Waals surface area contributed by atoms with Crippen LogP contribution in [-0.4, -0.2) is 28.2 Å². The van der Waals surface area contributed by atoms with Gasteiger partial charge < -0.3 is 0 Å². The lowest BCUT2D eigenvalue weighted by Crippen LogP contribution is -2.26. The van der Waals surface area contributed by atoms with Crippen molar-refractivity contribution in [3.63, 3.8) is 0 Å². The number of nitrogens with two attached hydrogens (primary N) is 1. The number of hydrogen-bond acceptors (Lipinski definition) is 4. The number of sulfonamides is 2. The fourth-order valence-electron chi connectivity index (χ4n) is 1.96. The second kappa shape index (κ2) is 6.36. The van der Waals surface area contributed by atoms with Crippen molar-refractivity contribution in [2.24, 2.45) is 5.14 Å². The van der Waals surface area contributed by atoms with E-state index in [1.807, 2.05) is 0 Å². The van der Waals surface area contributed by atoms with Crippen LogP contribution in [0.1, 0.15) is 5.56 Å². The maximum atomic E-state index is 13.2. The van der Waals surface area contributed by atoms with E-state index in [4.69, 9.17) is 5.14 Å². The quantitative estimate of drug-likeness (QED) is 0.871. The van der Waals surface area contributed by atoms with Crippen LogP contribution in [0.2, 0.25) is 0 Å². The van der Waals surface area contributed by atoms with Crippen molar-refractivity contribution in [1.82, 2.24) is 4.31 Å². The molecule has 0 spiro atoms. The molecule has 0 unspecified atom stereocenters. The van der Waals surface area contributed by atoms with Crippen LogP contribution in [-0.2, 0) is 26.6 Å². The minimum Gasteiger partial charge on any atom is -0.225 e. The van der Waals surface area contributed by atoms with Crippen molar-refractivity contribution in [2.45, 2.75) is 16.3 Å². The average molecular weight is 358 g/mol. The third kappa shape index (κ3) is 4.14. The number of nitrogens with zero attached hydrogens (tertiary/aromatic N) is 1. The molecule has 0 aliphatic carbocycles. The zero-order chi connectivity index (χ0) is 17.3. The molecule has 2 N–H and O–H groups in total. The molecule has 0 amide bonds. The highest BCUT2D eigenvalue weighted by Crippen LogP contribution is 2.19. The Labute approximate surface area is 134 Å². The molecule has 0 atom stereocenters. The highest BCUT2D eigenvalue weighted by molar-refractivity contribution is 7.89. The maximum absolute atomic E-state index is 13.2. The predicted octanol–water partition coefficient (Wildman–Crippen LogP) is 1.29. The molecule has 124 valence electrons. The summed E-state index contributed by atoms with van der Waals surface area (Å²) < 4.78 is 61.4. The van der Waals surface area contributed by atoms with Crippen LogP contribution in [0.15, 0.2) is 58.3 Å². The van der Waals surface area contributed by atoms with Gasteiger partial charge in [0.15, 0.2) is 0 Å². The lowest BCUT2D eigenvalue weighted by Gasteiger charge is -2.17. The molecule has 6 nitrogen and oxygen atoms in total. The Kier molecular flexibility index (Phi) is 4.85. The van der Waals surface area contributed by atoms with Crippen LogP contribution in [0.5, 0.6) is 0 Å². The third-order valence-electron chi connectivity index (χ3n) is 3.15. The van der Waals surface area contributed by atoms with E-state index in [2.05, 4.69) is 0 Å². The Bertz CT molecular complexity index is 910. The van der Waals surface area contributed by atoms with Crippen LogP contribution in [0.4, 0.5) is 4.39 Å². The van der Waals surface area contributed by atoms with Gasteiger partial charge in [0, 0.05) is 13.6 Å². The van der Waals surface area contributed by atoms with Crippen LogP contribution >= 0.6 is 0 Å². The second-order valence-corrected chi connectivity index (χ2v) is 8.51. The average Bonchev–Trinajstić information content (AvgIpc) is 2.46. The van der Waals surface area contributed by atoms with Gasteiger partial charge in [-0.2, -0.15) is 4.31 Å². The molecule has 0 saturated heterocycles. The number of halogens is 1. The van der Waals surface area contributed by atoms with Gasteiger partial charge in [0.2, 0.25) is 20.0 Å². The van der Waals surface area contributed by atoms with Gasteiger partial charge in [0.05, 0.1) is 9.79 Å². The van der Waals surface area contributed by atoms with Gasteiger partial charge in [0.25, 0.3) is 0 Å². The molecular weight excluding hydrogens is 343 g/mol. The zero-order valence-corrected chi connectivity index (χ0v) is 13.8. The molecule has 0 heterocycles. The molecule has 0 aromatic heterocycles. The standard InChI is InChI=1S/C14H15FN2O4S2/c1-17(10-11-3-2-4-12(15)9-11)23(20,21)14-7-5-13(6-8-14)22(16,18)19/h2-9H,10H2,1H3,(H2,16,18,19). The van der Waals surface area contributed by atoms with Crippen LogP contribution < -0.4 is 5.14 Å². The first-order chi connectivity index (χ1) is 10.6. The van der Waals surface area contributed by atoms with Gasteiger partial charge in [-0.15, -0.1) is 0 Å². The fourth-order valence-corrected chi connectivity index (χ4v) is 3.63. The van der Waals surface area contributed by atoms with E-state index >= 15 is 0 Å². The molecule has 23 heavy (non-hydrogen) atoms. The van der Waals surface area contributed by atoms with Crippen molar-refractivity contribution < 1.29 is 21.2 Å². The predicted molar refractivity (Wildman–Crippen MR) is 82.9 cm³/mol. The Hall–Kier alpha value is -1.81. The molecule has 0 aliphatic heterocycles. The van der Waals surface area contributed by atoms with Crippen molar-refractivity contribution in [3.8, 4) is 0 Å². The highest BCUT2D eigenvalue weighted by Gasteiger charge is 2.21. The van der Waals surface area contributed by atoms with E-state index in [1.54, 1.807) is 6.07 Å². The first kappa shape index (κ1) is 17.5. The molecule has 2 aromatic carbocycles. The molecule has 2 rings (SSSR count). The van der Waals surface area contributed by atoms with Crippen molar-refractivity contribution in [1.29, 1.82) is 0 Å². The first-order valence-electron chi connectivity index (χ1n) is 6.44. The van der Waals surface area contributed by atoms with Gasteiger partial charge in [-0.05, 0) is 42.0 Å². The molecule has 0 radical (unpaired) electrons. The molecule has 0 bridgehead atoms. The fraction of sp³-hybridized carbons (Fsp3) is 0.143. The highest BCUT2D eigenvalue weighted by atomic mass is 32.2. The van der Waals surface area contributed by atoms with Crippen molar-refractivity contribution in [3.05, 3.63) is 59.9 Å². The van der Waals surface area contributed by atoms with Gasteiger partial charge in [-0.1, -0.05) is 12.1 Å². The van der Waals surface area contributed by atoms with Gasteiger partial charge in [0.1, 0.15) is 5.82 Å². The van der Waals surface area contributed by atoms with E-state index < -0.39 is 25.9 Å². The van der Waals surface area contributed by atoms with Crippen LogP contribution in [0.25, 0.3) is 0 Å². The number of benzene rings is 2. The Morgan fingerprint density at radius 3 is 2.09 bits per heavy atom. The topological polar surface area (TPSA) is 97.5 Å². The summed E-state index contributed by atoms with van der Waals surface area (Å²) >= 11 is 0. The van der Waals surface area contributed by atoms with E-state index in [0.29, 0.717) is 5.56 Å². The van der Waals surface area contributed by atoms with E-state index in [0.717, 1.165) is 28.6 Å². The number of hydrogen-bond donors (Lipinski definition) is 1. The molecule has 0 aliphatic rings. The summed E-state index contributed by atoms with van der Waals surface area (Å²) in [6, 6.07) is 10.2. The Balaban J connectivity index is 2.27. The van der Waals surface area contributed by atoms with Crippen molar-refractivity contribution >= 4 is 20.0 Å². The summed E-state index contributed by atoms with van der Waals surface area (Å²) in [6.07, 6.45) is 0. The van der Waals surface area contributed by atoms with E-state index in [9.17, 15) is 21.2 Å². The summed E-state index contributed by atoms with van der Waals surface area (Å²) in [5.41, 5.74) is 0.497. The summed E-state index contributed by atoms with van der Waals surface area (Å²) in [6.45, 7) is -0.0168. The molecule has 2 aromatic rings. The largest absolute Gasteiger partial charge is 0.243 e. The number of rotatable bonds is 5. The molecular formula is C14H15FN2O4S2. The van der Waals surface area contributed by atoms with Gasteiger partial charge in [-0.25, -0.2) is 26.4 Å². The van der Waals surface area contributed by atoms with E-state index in [-0.39, 0.29) is 16.3 Å². The van der Waals surface area contributed by atoms with Crippen LogP contribution in [0.3, 0.4) is 0 Å². The normalized spacial score (nSPS) is 12.5. The Morgan fingerprint density at radius 1 is 1.00 bits per heavy atom. The van der Waals surface area contributed by atoms with Gasteiger partial charge >= 0.3 is 0 Å². The minimum atomic E-state index is -3.89. The molecule has 0 saturated carbocycles. The van der Waals surface area contributed by atoms with Crippen molar-refractivity contribution in [2.75, 3.05) is 7.05 Å². The first-order valence-corrected chi connectivity index (χ1v) is 9.43. The lowest BCUT2D eigenvalue weighted by atomic mass is 10.2. The second-order valence-electron chi connectivity index (χ2n) is 4.91. The molecule has 0 fully saturated rings. The summed E-state index contributed by atoms with van der Waals surface area (Å²) in [5.74, 6) is -0.453.